The Hall–Kier alpha value is -3.14. The van der Waals surface area contributed by atoms with E-state index in [1.165, 1.54) is 29.2 Å². The number of hydrogen-bond donors (Lipinski definition) is 1. The number of sulfonamides is 1. The van der Waals surface area contributed by atoms with Gasteiger partial charge in [0.2, 0.25) is 11.8 Å². The standard InChI is InChI=1S/C30H34Cl2FN3O4S/c1-4-6-18-34-30(38)28(5-2)35(19-25-26(31)8-7-9-27(25)32)29(37)20-36(23-14-12-22(33)13-15-23)41(39,40)24-16-10-21(3)11-17-24/h7-17,28H,4-6,18-20H2,1-3H3,(H,34,38)/t28-/m1/s1. The third-order valence-electron chi connectivity index (χ3n) is 6.61. The second kappa shape index (κ2) is 14.7. The quantitative estimate of drug-likeness (QED) is 0.225. The lowest BCUT2D eigenvalue weighted by atomic mass is 10.1. The molecule has 2 amide bonds. The molecule has 0 saturated carbocycles. The van der Waals surface area contributed by atoms with Crippen LogP contribution >= 0.6 is 23.2 Å². The second-order valence-electron chi connectivity index (χ2n) is 9.59. The summed E-state index contributed by atoms with van der Waals surface area (Å²) in [6.07, 6.45) is 1.89. The second-order valence-corrected chi connectivity index (χ2v) is 12.3. The Bertz CT molecular complexity index is 1430. The van der Waals surface area contributed by atoms with Crippen molar-refractivity contribution in [2.45, 2.75) is 57.5 Å². The highest BCUT2D eigenvalue weighted by molar-refractivity contribution is 7.92. The Kier molecular flexibility index (Phi) is 11.6. The number of benzene rings is 3. The number of rotatable bonds is 13. The summed E-state index contributed by atoms with van der Waals surface area (Å²) in [5, 5.41) is 3.47. The maximum absolute atomic E-state index is 14.1. The van der Waals surface area contributed by atoms with Gasteiger partial charge < -0.3 is 10.2 Å². The van der Waals surface area contributed by atoms with Crippen LogP contribution in [0.4, 0.5) is 10.1 Å². The predicted octanol–water partition coefficient (Wildman–Crippen LogP) is 6.36. The number of halogens is 3. The van der Waals surface area contributed by atoms with Crippen LogP contribution in [-0.2, 0) is 26.2 Å². The van der Waals surface area contributed by atoms with Crippen LogP contribution in [0, 0.1) is 12.7 Å². The highest BCUT2D eigenvalue weighted by atomic mass is 35.5. The summed E-state index contributed by atoms with van der Waals surface area (Å²) in [6.45, 7) is 5.24. The van der Waals surface area contributed by atoms with Crippen LogP contribution in [0.25, 0.3) is 0 Å². The first-order valence-corrected chi connectivity index (χ1v) is 15.5. The van der Waals surface area contributed by atoms with Crippen molar-refractivity contribution in [1.29, 1.82) is 0 Å². The first-order chi connectivity index (χ1) is 19.5. The van der Waals surface area contributed by atoms with Crippen LogP contribution in [0.3, 0.4) is 0 Å². The monoisotopic (exact) mass is 621 g/mol. The number of anilines is 1. The van der Waals surface area contributed by atoms with Gasteiger partial charge in [-0.25, -0.2) is 12.8 Å². The predicted molar refractivity (Wildman–Crippen MR) is 161 cm³/mol. The fourth-order valence-corrected chi connectivity index (χ4v) is 6.18. The van der Waals surface area contributed by atoms with Gasteiger partial charge in [0, 0.05) is 28.7 Å². The minimum absolute atomic E-state index is 0.0368. The Morgan fingerprint density at radius 2 is 1.56 bits per heavy atom. The van der Waals surface area contributed by atoms with E-state index in [4.69, 9.17) is 23.2 Å². The zero-order valence-electron chi connectivity index (χ0n) is 23.2. The molecule has 0 spiro atoms. The molecule has 0 aromatic heterocycles. The number of hydrogen-bond acceptors (Lipinski definition) is 4. The molecule has 1 atom stereocenters. The van der Waals surface area contributed by atoms with Gasteiger partial charge in [-0.05, 0) is 68.3 Å². The van der Waals surface area contributed by atoms with E-state index in [1.54, 1.807) is 37.3 Å². The van der Waals surface area contributed by atoms with E-state index >= 15 is 0 Å². The topological polar surface area (TPSA) is 86.8 Å². The summed E-state index contributed by atoms with van der Waals surface area (Å²) in [5.74, 6) is -1.58. The number of aryl methyl sites for hydroxylation is 1. The molecule has 0 fully saturated rings. The Morgan fingerprint density at radius 3 is 2.12 bits per heavy atom. The molecular weight excluding hydrogens is 588 g/mol. The zero-order chi connectivity index (χ0) is 30.2. The van der Waals surface area contributed by atoms with E-state index in [0.29, 0.717) is 22.2 Å². The average Bonchev–Trinajstić information content (AvgIpc) is 2.94. The van der Waals surface area contributed by atoms with E-state index in [2.05, 4.69) is 5.32 Å². The molecule has 220 valence electrons. The summed E-state index contributed by atoms with van der Waals surface area (Å²) in [5.41, 5.74) is 1.38. The summed E-state index contributed by atoms with van der Waals surface area (Å²) in [4.78, 5) is 28.6. The lowest BCUT2D eigenvalue weighted by Crippen LogP contribution is -2.52. The van der Waals surface area contributed by atoms with Crippen LogP contribution in [0.2, 0.25) is 10.0 Å². The van der Waals surface area contributed by atoms with Gasteiger partial charge in [0.15, 0.2) is 0 Å². The number of nitrogens with one attached hydrogen (secondary N) is 1. The van der Waals surface area contributed by atoms with Gasteiger partial charge in [0.05, 0.1) is 10.6 Å². The summed E-state index contributed by atoms with van der Waals surface area (Å²) in [7, 11) is -4.26. The molecule has 3 rings (SSSR count). The molecule has 41 heavy (non-hydrogen) atoms. The number of unbranched alkanes of at least 4 members (excludes halogenated alkanes) is 1. The number of nitrogens with zero attached hydrogens (tertiary/aromatic N) is 2. The maximum Gasteiger partial charge on any atom is 0.264 e. The minimum Gasteiger partial charge on any atom is -0.354 e. The number of carbonyl (C=O) groups is 2. The fraction of sp³-hybridized carbons (Fsp3) is 0.333. The molecule has 0 aliphatic carbocycles. The molecule has 0 aliphatic rings. The summed E-state index contributed by atoms with van der Waals surface area (Å²) < 4.78 is 42.4. The highest BCUT2D eigenvalue weighted by Crippen LogP contribution is 2.29. The van der Waals surface area contributed by atoms with Crippen LogP contribution in [0.15, 0.2) is 71.6 Å². The molecule has 3 aromatic carbocycles. The molecule has 3 aromatic rings. The van der Waals surface area contributed by atoms with Crippen molar-refractivity contribution < 1.29 is 22.4 Å². The summed E-state index contributed by atoms with van der Waals surface area (Å²) in [6, 6.07) is 15.0. The van der Waals surface area contributed by atoms with Crippen LogP contribution in [0.5, 0.6) is 0 Å². The van der Waals surface area contributed by atoms with Gasteiger partial charge in [-0.1, -0.05) is 67.2 Å². The van der Waals surface area contributed by atoms with Crippen molar-refractivity contribution in [2.75, 3.05) is 17.4 Å². The molecule has 7 nitrogen and oxygen atoms in total. The zero-order valence-corrected chi connectivity index (χ0v) is 25.6. The van der Waals surface area contributed by atoms with Gasteiger partial charge >= 0.3 is 0 Å². The Labute approximate surface area is 251 Å². The fourth-order valence-electron chi connectivity index (χ4n) is 4.25. The normalized spacial score (nSPS) is 12.0. The Balaban J connectivity index is 2.07. The molecule has 1 N–H and O–H groups in total. The van der Waals surface area contributed by atoms with Crippen molar-refractivity contribution in [1.82, 2.24) is 10.2 Å². The Morgan fingerprint density at radius 1 is 0.951 bits per heavy atom. The molecule has 0 saturated heterocycles. The average molecular weight is 623 g/mol. The van der Waals surface area contributed by atoms with Gasteiger partial charge in [0.1, 0.15) is 18.4 Å². The van der Waals surface area contributed by atoms with Gasteiger partial charge in [-0.2, -0.15) is 0 Å². The van der Waals surface area contributed by atoms with Gasteiger partial charge in [-0.3, -0.25) is 13.9 Å². The molecule has 0 unspecified atom stereocenters. The lowest BCUT2D eigenvalue weighted by molar-refractivity contribution is -0.140. The molecule has 0 radical (unpaired) electrons. The van der Waals surface area contributed by atoms with Crippen LogP contribution < -0.4 is 9.62 Å². The first-order valence-electron chi connectivity index (χ1n) is 13.3. The van der Waals surface area contributed by atoms with Crippen LogP contribution in [-0.4, -0.2) is 44.3 Å². The highest BCUT2D eigenvalue weighted by Gasteiger charge is 2.34. The van der Waals surface area contributed by atoms with Crippen molar-refractivity contribution in [2.24, 2.45) is 0 Å². The smallest absolute Gasteiger partial charge is 0.264 e. The van der Waals surface area contributed by atoms with Crippen molar-refractivity contribution in [3.63, 3.8) is 0 Å². The lowest BCUT2D eigenvalue weighted by Gasteiger charge is -2.33. The molecule has 0 bridgehead atoms. The molecular formula is C30H34Cl2FN3O4S. The van der Waals surface area contributed by atoms with E-state index in [9.17, 15) is 22.4 Å². The number of carbonyl (C=O) groups excluding carboxylic acids is 2. The van der Waals surface area contributed by atoms with E-state index in [0.717, 1.165) is 34.8 Å². The van der Waals surface area contributed by atoms with Gasteiger partial charge in [0.25, 0.3) is 10.0 Å². The van der Waals surface area contributed by atoms with Crippen LogP contribution in [0.1, 0.15) is 44.2 Å². The maximum atomic E-state index is 14.1. The number of amides is 2. The summed E-state index contributed by atoms with van der Waals surface area (Å²) >= 11 is 12.9. The molecule has 0 heterocycles. The first kappa shape index (κ1) is 32.4. The minimum atomic E-state index is -4.26. The van der Waals surface area contributed by atoms with E-state index in [1.807, 2.05) is 13.8 Å². The van der Waals surface area contributed by atoms with E-state index in [-0.39, 0.29) is 29.5 Å². The van der Waals surface area contributed by atoms with E-state index < -0.39 is 34.3 Å². The van der Waals surface area contributed by atoms with Gasteiger partial charge in [-0.15, -0.1) is 0 Å². The third kappa shape index (κ3) is 8.21. The van der Waals surface area contributed by atoms with Crippen molar-refractivity contribution in [3.05, 3.63) is 93.7 Å². The molecule has 0 aliphatic heterocycles. The van der Waals surface area contributed by atoms with Crippen molar-refractivity contribution >= 4 is 50.7 Å². The SMILES string of the molecule is CCCCNC(=O)[C@@H](CC)N(Cc1c(Cl)cccc1Cl)C(=O)CN(c1ccc(F)cc1)S(=O)(=O)c1ccc(C)cc1. The largest absolute Gasteiger partial charge is 0.354 e. The van der Waals surface area contributed by atoms with Crippen molar-refractivity contribution in [3.8, 4) is 0 Å². The third-order valence-corrected chi connectivity index (χ3v) is 9.10. The molecule has 11 heteroatoms.